The molecule has 0 radical (unpaired) electrons. The van der Waals surface area contributed by atoms with Crippen molar-refractivity contribution in [3.05, 3.63) is 11.8 Å². The van der Waals surface area contributed by atoms with Gasteiger partial charge in [-0.2, -0.15) is 0 Å². The van der Waals surface area contributed by atoms with E-state index in [2.05, 4.69) is 33.0 Å². The van der Waals surface area contributed by atoms with Crippen LogP contribution in [0.5, 0.6) is 0 Å². The first kappa shape index (κ1) is 13.1. The Balaban J connectivity index is 2.45. The van der Waals surface area contributed by atoms with Gasteiger partial charge in [-0.25, -0.2) is 4.79 Å². The Morgan fingerprint density at radius 3 is 2.25 bits per heavy atom. The van der Waals surface area contributed by atoms with Crippen molar-refractivity contribution in [1.82, 2.24) is 10.2 Å². The molecule has 1 rings (SSSR count). The highest BCUT2D eigenvalue weighted by Crippen LogP contribution is 2.23. The third-order valence-corrected chi connectivity index (χ3v) is 3.24. The van der Waals surface area contributed by atoms with E-state index in [-0.39, 0.29) is 11.4 Å². The highest BCUT2D eigenvalue weighted by molar-refractivity contribution is 5.75. The van der Waals surface area contributed by atoms with Crippen LogP contribution in [-0.4, -0.2) is 24.0 Å². The van der Waals surface area contributed by atoms with E-state index in [4.69, 9.17) is 0 Å². The summed E-state index contributed by atoms with van der Waals surface area (Å²) >= 11 is 0. The summed E-state index contributed by atoms with van der Waals surface area (Å²) in [5.41, 5.74) is 1.31. The topological polar surface area (TPSA) is 32.3 Å². The molecule has 0 spiro atoms. The number of carbonyl (C=O) groups is 1. The van der Waals surface area contributed by atoms with Gasteiger partial charge in [-0.05, 0) is 31.6 Å². The Hall–Kier alpha value is -0.990. The maximum atomic E-state index is 11.8. The molecular weight excluding hydrogens is 200 g/mol. The predicted molar refractivity (Wildman–Crippen MR) is 67.2 cm³/mol. The summed E-state index contributed by atoms with van der Waals surface area (Å²) in [5, 5.41) is 2.88. The lowest BCUT2D eigenvalue weighted by molar-refractivity contribution is 0.190. The van der Waals surface area contributed by atoms with Crippen LogP contribution in [0.25, 0.3) is 0 Å². The average molecular weight is 224 g/mol. The number of hydrogen-bond donors (Lipinski definition) is 1. The van der Waals surface area contributed by atoms with Crippen LogP contribution in [0.4, 0.5) is 4.79 Å². The Bertz CT molecular complexity index is 270. The monoisotopic (exact) mass is 224 g/mol. The van der Waals surface area contributed by atoms with Crippen LogP contribution in [0.2, 0.25) is 0 Å². The van der Waals surface area contributed by atoms with E-state index >= 15 is 0 Å². The van der Waals surface area contributed by atoms with E-state index < -0.39 is 0 Å². The second-order valence-electron chi connectivity index (χ2n) is 5.57. The van der Waals surface area contributed by atoms with Crippen LogP contribution in [0.3, 0.4) is 0 Å². The summed E-state index contributed by atoms with van der Waals surface area (Å²) < 4.78 is 0. The molecular formula is C13H24N2O. The predicted octanol–water partition coefficient (Wildman–Crippen LogP) is 3.13. The Labute approximate surface area is 98.9 Å². The largest absolute Gasteiger partial charge is 0.325 e. The quantitative estimate of drug-likeness (QED) is 0.729. The van der Waals surface area contributed by atoms with Crippen molar-refractivity contribution in [2.24, 2.45) is 5.41 Å². The van der Waals surface area contributed by atoms with Gasteiger partial charge in [0, 0.05) is 19.3 Å². The first-order valence-corrected chi connectivity index (χ1v) is 6.14. The number of likely N-dealkylation sites (tertiary alicyclic amines) is 1. The zero-order chi connectivity index (χ0) is 12.2. The van der Waals surface area contributed by atoms with Gasteiger partial charge in [0.25, 0.3) is 0 Å². The van der Waals surface area contributed by atoms with Gasteiger partial charge >= 0.3 is 6.03 Å². The van der Waals surface area contributed by atoms with Crippen molar-refractivity contribution in [3.63, 3.8) is 0 Å². The third-order valence-electron chi connectivity index (χ3n) is 3.24. The lowest BCUT2D eigenvalue weighted by Crippen LogP contribution is -2.41. The van der Waals surface area contributed by atoms with E-state index in [1.165, 1.54) is 12.0 Å². The molecule has 0 bridgehead atoms. The van der Waals surface area contributed by atoms with E-state index in [9.17, 15) is 4.79 Å². The number of piperidine rings is 1. The first-order valence-electron chi connectivity index (χ1n) is 6.14. The summed E-state index contributed by atoms with van der Waals surface area (Å²) in [6.45, 7) is 10.3. The normalized spacial score (nSPS) is 18.5. The average Bonchev–Trinajstić information content (AvgIpc) is 2.25. The van der Waals surface area contributed by atoms with Crippen molar-refractivity contribution in [3.8, 4) is 0 Å². The molecule has 16 heavy (non-hydrogen) atoms. The molecule has 3 nitrogen and oxygen atoms in total. The molecule has 0 saturated carbocycles. The number of urea groups is 1. The summed E-state index contributed by atoms with van der Waals surface area (Å²) in [7, 11) is 0. The van der Waals surface area contributed by atoms with Crippen molar-refractivity contribution in [2.45, 2.75) is 47.0 Å². The number of rotatable bonds is 1. The number of nitrogens with one attached hydrogen (secondary N) is 1. The number of allylic oxidation sites excluding steroid dienone is 1. The molecule has 3 heteroatoms. The maximum absolute atomic E-state index is 11.8. The summed E-state index contributed by atoms with van der Waals surface area (Å²) in [4.78, 5) is 13.7. The molecule has 0 aromatic heterocycles. The Kier molecular flexibility index (Phi) is 4.39. The number of carbonyl (C=O) groups excluding carboxylic acids is 1. The smallest absolute Gasteiger partial charge is 0.321 e. The zero-order valence-corrected chi connectivity index (χ0v) is 11.0. The summed E-state index contributed by atoms with van der Waals surface area (Å²) in [6, 6.07) is 0.0447. The van der Waals surface area contributed by atoms with Crippen molar-refractivity contribution >= 4 is 6.03 Å². The maximum Gasteiger partial charge on any atom is 0.321 e. The van der Waals surface area contributed by atoms with Gasteiger partial charge in [0.2, 0.25) is 0 Å². The van der Waals surface area contributed by atoms with Gasteiger partial charge < -0.3 is 10.2 Å². The van der Waals surface area contributed by atoms with Gasteiger partial charge in [0.1, 0.15) is 0 Å². The molecule has 1 saturated heterocycles. The highest BCUT2D eigenvalue weighted by Gasteiger charge is 2.16. The molecule has 0 aliphatic carbocycles. The molecule has 0 aromatic rings. The summed E-state index contributed by atoms with van der Waals surface area (Å²) in [5.74, 6) is 0. The second-order valence-corrected chi connectivity index (χ2v) is 5.57. The number of amides is 2. The fourth-order valence-corrected chi connectivity index (χ4v) is 1.57. The molecule has 1 heterocycles. The summed E-state index contributed by atoms with van der Waals surface area (Å²) in [6.07, 6.45) is 5.36. The third kappa shape index (κ3) is 3.87. The first-order chi connectivity index (χ1) is 7.41. The van der Waals surface area contributed by atoms with Crippen molar-refractivity contribution < 1.29 is 4.79 Å². The van der Waals surface area contributed by atoms with Gasteiger partial charge in [0.05, 0.1) is 0 Å². The minimum absolute atomic E-state index is 0.0447. The van der Waals surface area contributed by atoms with E-state index in [0.717, 1.165) is 25.9 Å². The van der Waals surface area contributed by atoms with Crippen LogP contribution in [0.15, 0.2) is 11.8 Å². The molecule has 0 aromatic carbocycles. The van der Waals surface area contributed by atoms with Crippen LogP contribution < -0.4 is 5.32 Å². The molecule has 1 N–H and O–H groups in total. The van der Waals surface area contributed by atoms with Crippen LogP contribution >= 0.6 is 0 Å². The Morgan fingerprint density at radius 2 is 1.75 bits per heavy atom. The van der Waals surface area contributed by atoms with Gasteiger partial charge in [-0.1, -0.05) is 26.3 Å². The number of hydrogen-bond acceptors (Lipinski definition) is 1. The lowest BCUT2D eigenvalue weighted by atomic mass is 9.88. The van der Waals surface area contributed by atoms with E-state index in [0.29, 0.717) is 0 Å². The molecule has 0 atom stereocenters. The molecule has 1 fully saturated rings. The van der Waals surface area contributed by atoms with Gasteiger partial charge in [-0.15, -0.1) is 0 Å². The molecule has 1 aliphatic rings. The molecule has 0 unspecified atom stereocenters. The van der Waals surface area contributed by atoms with Crippen molar-refractivity contribution in [2.75, 3.05) is 13.1 Å². The fourth-order valence-electron chi connectivity index (χ4n) is 1.57. The van der Waals surface area contributed by atoms with E-state index in [1.54, 1.807) is 0 Å². The number of nitrogens with zero attached hydrogens (tertiary/aromatic N) is 1. The van der Waals surface area contributed by atoms with Crippen LogP contribution in [0, 0.1) is 5.41 Å². The fraction of sp³-hybridized carbons (Fsp3) is 0.769. The highest BCUT2D eigenvalue weighted by atomic mass is 16.2. The van der Waals surface area contributed by atoms with Crippen molar-refractivity contribution in [1.29, 1.82) is 0 Å². The standard InChI is InChI=1S/C13H24N2O/c1-11(13(2,3)4)10-14-12(16)15-8-6-5-7-9-15/h10H,5-9H2,1-4H3,(H,14,16)/b11-10+. The van der Waals surface area contributed by atoms with E-state index in [1.807, 2.05) is 11.1 Å². The zero-order valence-electron chi connectivity index (χ0n) is 11.0. The molecule has 92 valence electrons. The molecule has 2 amide bonds. The van der Waals surface area contributed by atoms with Gasteiger partial charge in [0.15, 0.2) is 0 Å². The van der Waals surface area contributed by atoms with Gasteiger partial charge in [-0.3, -0.25) is 0 Å². The van der Waals surface area contributed by atoms with Crippen LogP contribution in [-0.2, 0) is 0 Å². The lowest BCUT2D eigenvalue weighted by Gasteiger charge is -2.27. The van der Waals surface area contributed by atoms with Crippen LogP contribution in [0.1, 0.15) is 47.0 Å². The minimum atomic E-state index is 0.0447. The molecule has 1 aliphatic heterocycles. The SMILES string of the molecule is C/C(=C\NC(=O)N1CCCCC1)C(C)(C)C. The Morgan fingerprint density at radius 1 is 1.19 bits per heavy atom. The minimum Gasteiger partial charge on any atom is -0.325 e. The second kappa shape index (κ2) is 5.37.